The van der Waals surface area contributed by atoms with Gasteiger partial charge in [-0.05, 0) is 62.6 Å². The van der Waals surface area contributed by atoms with Gasteiger partial charge >= 0.3 is 0 Å². The fourth-order valence-electron chi connectivity index (χ4n) is 4.34. The second-order valence-electron chi connectivity index (χ2n) is 8.45. The molecule has 4 rings (SSSR count). The van der Waals surface area contributed by atoms with Crippen LogP contribution in [-0.2, 0) is 14.9 Å². The van der Waals surface area contributed by atoms with Gasteiger partial charge in [-0.2, -0.15) is 0 Å². The molecule has 0 unspecified atom stereocenters. The van der Waals surface area contributed by atoms with Gasteiger partial charge in [-0.3, -0.25) is 9.59 Å². The van der Waals surface area contributed by atoms with Gasteiger partial charge in [0.1, 0.15) is 0 Å². The Kier molecular flexibility index (Phi) is 7.97. The van der Waals surface area contributed by atoms with Crippen molar-refractivity contribution in [3.8, 4) is 23.0 Å². The molecule has 2 heterocycles. The molecule has 0 aromatic heterocycles. The maximum Gasteiger partial charge on any atom is 0.251 e. The summed E-state index contributed by atoms with van der Waals surface area (Å²) in [6, 6.07) is 10.9. The SMILES string of the molecule is CCOc1ccc(C(=O)NCC(=O)NCC2(c3ccc4c(c3)OCO4)CCOCC2)cc1OCC. The van der Waals surface area contributed by atoms with Gasteiger partial charge in [0.2, 0.25) is 12.7 Å². The van der Waals surface area contributed by atoms with Crippen LogP contribution in [0.1, 0.15) is 42.6 Å². The summed E-state index contributed by atoms with van der Waals surface area (Å²) in [5.74, 6) is 1.89. The molecule has 1 saturated heterocycles. The predicted octanol–water partition coefficient (Wildman–Crippen LogP) is 2.81. The molecule has 2 amide bonds. The van der Waals surface area contributed by atoms with Crippen LogP contribution in [0.3, 0.4) is 0 Å². The summed E-state index contributed by atoms with van der Waals surface area (Å²) in [4.78, 5) is 25.3. The molecule has 0 atom stereocenters. The summed E-state index contributed by atoms with van der Waals surface area (Å²) in [6.07, 6.45) is 1.54. The molecule has 9 heteroatoms. The summed E-state index contributed by atoms with van der Waals surface area (Å²) >= 11 is 0. The molecule has 2 N–H and O–H groups in total. The van der Waals surface area contributed by atoms with Crippen molar-refractivity contribution in [2.24, 2.45) is 0 Å². The van der Waals surface area contributed by atoms with Crippen molar-refractivity contribution >= 4 is 11.8 Å². The molecule has 9 nitrogen and oxygen atoms in total. The zero-order valence-corrected chi connectivity index (χ0v) is 20.2. The van der Waals surface area contributed by atoms with Crippen LogP contribution in [0, 0.1) is 0 Å². The highest BCUT2D eigenvalue weighted by atomic mass is 16.7. The Hall–Kier alpha value is -3.46. The van der Waals surface area contributed by atoms with E-state index < -0.39 is 0 Å². The van der Waals surface area contributed by atoms with E-state index in [1.165, 1.54) is 0 Å². The third-order valence-electron chi connectivity index (χ3n) is 6.27. The first-order valence-electron chi connectivity index (χ1n) is 12.0. The summed E-state index contributed by atoms with van der Waals surface area (Å²) in [5.41, 5.74) is 1.19. The standard InChI is InChI=1S/C26H32N2O7/c1-3-32-20-7-5-18(13-22(20)33-4-2)25(30)27-15-24(29)28-16-26(9-11-31-12-10-26)19-6-8-21-23(14-19)35-17-34-21/h5-8,13-14H,3-4,9-12,15-17H2,1-2H3,(H,27,30)(H,28,29). The molecule has 2 aromatic carbocycles. The number of amides is 2. The molecule has 188 valence electrons. The zero-order chi connectivity index (χ0) is 24.7. The Balaban J connectivity index is 1.36. The molecule has 0 aliphatic carbocycles. The minimum Gasteiger partial charge on any atom is -0.490 e. The van der Waals surface area contributed by atoms with E-state index in [4.69, 9.17) is 23.7 Å². The number of ether oxygens (including phenoxy) is 5. The normalized spacial score (nSPS) is 15.8. The molecule has 0 saturated carbocycles. The molecule has 0 bridgehead atoms. The van der Waals surface area contributed by atoms with Gasteiger partial charge < -0.3 is 34.3 Å². The van der Waals surface area contributed by atoms with Gasteiger partial charge in [0.15, 0.2) is 23.0 Å². The fraction of sp³-hybridized carbons (Fsp3) is 0.462. The molecule has 0 spiro atoms. The van der Waals surface area contributed by atoms with Crippen LogP contribution in [0.2, 0.25) is 0 Å². The van der Waals surface area contributed by atoms with Gasteiger partial charge in [0.05, 0.1) is 19.8 Å². The Labute approximate surface area is 205 Å². The first-order chi connectivity index (χ1) is 17.0. The van der Waals surface area contributed by atoms with Crippen LogP contribution in [0.4, 0.5) is 0 Å². The van der Waals surface area contributed by atoms with Crippen molar-refractivity contribution in [3.05, 3.63) is 47.5 Å². The minimum atomic E-state index is -0.360. The monoisotopic (exact) mass is 484 g/mol. The highest BCUT2D eigenvalue weighted by Crippen LogP contribution is 2.40. The van der Waals surface area contributed by atoms with Crippen molar-refractivity contribution < 1.29 is 33.3 Å². The molecule has 2 aromatic rings. The van der Waals surface area contributed by atoms with Crippen molar-refractivity contribution in [1.29, 1.82) is 0 Å². The maximum absolute atomic E-state index is 12.6. The second-order valence-corrected chi connectivity index (χ2v) is 8.45. The number of hydrogen-bond acceptors (Lipinski definition) is 7. The number of fused-ring (bicyclic) bond motifs is 1. The molecule has 0 radical (unpaired) electrons. The van der Waals surface area contributed by atoms with Crippen LogP contribution < -0.4 is 29.6 Å². The largest absolute Gasteiger partial charge is 0.490 e. The van der Waals surface area contributed by atoms with Crippen molar-refractivity contribution in [1.82, 2.24) is 10.6 Å². The number of carbonyl (C=O) groups is 2. The Bertz CT molecular complexity index is 1050. The van der Waals surface area contributed by atoms with Gasteiger partial charge in [0, 0.05) is 30.7 Å². The molecule has 1 fully saturated rings. The fourth-order valence-corrected chi connectivity index (χ4v) is 4.34. The number of rotatable bonds is 10. The molecule has 35 heavy (non-hydrogen) atoms. The first-order valence-corrected chi connectivity index (χ1v) is 12.0. The van der Waals surface area contributed by atoms with Gasteiger partial charge in [-0.25, -0.2) is 0 Å². The lowest BCUT2D eigenvalue weighted by atomic mass is 9.74. The van der Waals surface area contributed by atoms with Crippen LogP contribution in [0.15, 0.2) is 36.4 Å². The van der Waals surface area contributed by atoms with Crippen LogP contribution >= 0.6 is 0 Å². The highest BCUT2D eigenvalue weighted by molar-refractivity contribution is 5.97. The van der Waals surface area contributed by atoms with Crippen LogP contribution in [0.5, 0.6) is 23.0 Å². The molecule has 2 aliphatic rings. The van der Waals surface area contributed by atoms with E-state index in [1.54, 1.807) is 18.2 Å². The second kappa shape index (κ2) is 11.3. The van der Waals surface area contributed by atoms with E-state index in [9.17, 15) is 9.59 Å². The molecule has 2 aliphatic heterocycles. The Morgan fingerprint density at radius 3 is 2.43 bits per heavy atom. The quantitative estimate of drug-likeness (QED) is 0.534. The number of nitrogens with one attached hydrogen (secondary N) is 2. The van der Waals surface area contributed by atoms with E-state index >= 15 is 0 Å². The summed E-state index contributed by atoms with van der Waals surface area (Å²) < 4.78 is 27.7. The third-order valence-corrected chi connectivity index (χ3v) is 6.27. The average Bonchev–Trinajstić information content (AvgIpc) is 3.36. The van der Waals surface area contributed by atoms with Gasteiger partial charge in [-0.1, -0.05) is 6.07 Å². The number of benzene rings is 2. The molecular weight excluding hydrogens is 452 g/mol. The van der Waals surface area contributed by atoms with Crippen molar-refractivity contribution in [2.45, 2.75) is 32.1 Å². The van der Waals surface area contributed by atoms with Crippen LogP contribution in [0.25, 0.3) is 0 Å². The first kappa shape index (κ1) is 24.7. The lowest BCUT2D eigenvalue weighted by Gasteiger charge is -2.38. The number of carbonyl (C=O) groups excluding carboxylic acids is 2. The van der Waals surface area contributed by atoms with E-state index in [2.05, 4.69) is 10.6 Å². The van der Waals surface area contributed by atoms with E-state index in [0.717, 1.165) is 24.2 Å². The third kappa shape index (κ3) is 5.79. The van der Waals surface area contributed by atoms with Crippen molar-refractivity contribution in [2.75, 3.05) is 46.3 Å². The van der Waals surface area contributed by atoms with Gasteiger partial charge in [-0.15, -0.1) is 0 Å². The Morgan fingerprint density at radius 1 is 0.914 bits per heavy atom. The van der Waals surface area contributed by atoms with Crippen molar-refractivity contribution in [3.63, 3.8) is 0 Å². The Morgan fingerprint density at radius 2 is 1.66 bits per heavy atom. The number of hydrogen-bond donors (Lipinski definition) is 2. The lowest BCUT2D eigenvalue weighted by molar-refractivity contribution is -0.120. The van der Waals surface area contributed by atoms with E-state index in [-0.39, 0.29) is 30.6 Å². The predicted molar refractivity (Wildman–Crippen MR) is 128 cm³/mol. The van der Waals surface area contributed by atoms with Gasteiger partial charge in [0.25, 0.3) is 5.91 Å². The van der Waals surface area contributed by atoms with E-state index in [0.29, 0.717) is 55.8 Å². The summed E-state index contributed by atoms with van der Waals surface area (Å²) in [5, 5.41) is 5.68. The van der Waals surface area contributed by atoms with E-state index in [1.807, 2.05) is 32.0 Å². The topological polar surface area (TPSA) is 104 Å². The summed E-state index contributed by atoms with van der Waals surface area (Å²) in [7, 11) is 0. The summed E-state index contributed by atoms with van der Waals surface area (Å²) in [6.45, 7) is 6.42. The maximum atomic E-state index is 12.6. The highest BCUT2D eigenvalue weighted by Gasteiger charge is 2.36. The lowest BCUT2D eigenvalue weighted by Crippen LogP contribution is -2.47. The molecular formula is C26H32N2O7. The smallest absolute Gasteiger partial charge is 0.251 e. The zero-order valence-electron chi connectivity index (χ0n) is 20.2. The average molecular weight is 485 g/mol. The van der Waals surface area contributed by atoms with Crippen LogP contribution in [-0.4, -0.2) is 58.1 Å². The minimum absolute atomic E-state index is 0.135.